The lowest BCUT2D eigenvalue weighted by molar-refractivity contribution is -0.151. The Labute approximate surface area is 304 Å². The Morgan fingerprint density at radius 2 is 1.83 bits per heavy atom. The van der Waals surface area contributed by atoms with Crippen LogP contribution in [0.15, 0.2) is 36.4 Å². The summed E-state index contributed by atoms with van der Waals surface area (Å²) in [5, 5.41) is 25.2. The molecule has 1 unspecified atom stereocenters. The van der Waals surface area contributed by atoms with Crippen LogP contribution in [-0.4, -0.2) is 90.2 Å². The SMILES string of the molecule is COc1c(C)cc2c(c1O)[C@@H]1C3[C@@H]4SC[C@H](NC(=O)c5ccccc5)C(=O)OC[C@@H](c5c6c(c(C)c(OC(C)=O)c54)OCO6)N3[C@@H](C#N)[C@H](C2)N1C. The molecule has 0 spiro atoms. The highest BCUT2D eigenvalue weighted by Gasteiger charge is 2.60. The lowest BCUT2D eigenvalue weighted by atomic mass is 9.71. The third-order valence-corrected chi connectivity index (χ3v) is 12.4. The van der Waals surface area contributed by atoms with E-state index in [9.17, 15) is 24.8 Å². The maximum atomic E-state index is 13.8. The zero-order chi connectivity index (χ0) is 36.6. The van der Waals surface area contributed by atoms with Crippen molar-refractivity contribution in [3.63, 3.8) is 0 Å². The zero-order valence-corrected chi connectivity index (χ0v) is 30.1. The average Bonchev–Trinajstić information content (AvgIpc) is 3.62. The van der Waals surface area contributed by atoms with E-state index in [1.165, 1.54) is 25.8 Å². The van der Waals surface area contributed by atoms with Gasteiger partial charge in [0.2, 0.25) is 6.79 Å². The van der Waals surface area contributed by atoms with Crippen LogP contribution in [0.5, 0.6) is 28.7 Å². The number of aromatic hydroxyl groups is 1. The van der Waals surface area contributed by atoms with Crippen molar-refractivity contribution in [3.05, 3.63) is 75.3 Å². The van der Waals surface area contributed by atoms with Gasteiger partial charge >= 0.3 is 11.9 Å². The molecule has 0 saturated carbocycles. The van der Waals surface area contributed by atoms with Gasteiger partial charge in [0.15, 0.2) is 23.0 Å². The van der Waals surface area contributed by atoms with Crippen LogP contribution in [0.4, 0.5) is 0 Å². The molecule has 270 valence electrons. The van der Waals surface area contributed by atoms with Crippen LogP contribution >= 0.6 is 11.8 Å². The predicted molar refractivity (Wildman–Crippen MR) is 188 cm³/mol. The fraction of sp³-hybridized carbons (Fsp3) is 0.421. The minimum absolute atomic E-state index is 0.0304. The van der Waals surface area contributed by atoms with Gasteiger partial charge in [-0.15, -0.1) is 11.8 Å². The van der Waals surface area contributed by atoms with Crippen molar-refractivity contribution in [2.75, 3.05) is 33.3 Å². The summed E-state index contributed by atoms with van der Waals surface area (Å²) in [6.07, 6.45) is 0.483. The number of fused-ring (bicyclic) bond motifs is 10. The van der Waals surface area contributed by atoms with Crippen LogP contribution in [0, 0.1) is 25.2 Å². The van der Waals surface area contributed by atoms with Gasteiger partial charge in [0.1, 0.15) is 24.4 Å². The van der Waals surface area contributed by atoms with E-state index in [1.807, 2.05) is 20.0 Å². The van der Waals surface area contributed by atoms with Crippen molar-refractivity contribution < 1.29 is 43.2 Å². The molecule has 2 N–H and O–H groups in total. The zero-order valence-electron chi connectivity index (χ0n) is 29.3. The number of nitriles is 1. The number of thioether (sulfide) groups is 1. The predicted octanol–water partition coefficient (Wildman–Crippen LogP) is 4.03. The minimum atomic E-state index is -1.03. The van der Waals surface area contributed by atoms with Crippen LogP contribution in [0.1, 0.15) is 68.0 Å². The Balaban J connectivity index is 1.36. The summed E-state index contributed by atoms with van der Waals surface area (Å²) < 4.78 is 29.9. The number of piperazine rings is 1. The minimum Gasteiger partial charge on any atom is -0.504 e. The Morgan fingerprint density at radius 1 is 1.08 bits per heavy atom. The molecule has 0 aliphatic carbocycles. The third-order valence-electron chi connectivity index (χ3n) is 11.0. The van der Waals surface area contributed by atoms with Crippen molar-refractivity contribution >= 4 is 29.6 Å². The van der Waals surface area contributed by atoms with Crippen LogP contribution in [-0.2, 0) is 20.7 Å². The quantitative estimate of drug-likeness (QED) is 0.294. The van der Waals surface area contributed by atoms with Crippen LogP contribution in [0.25, 0.3) is 0 Å². The summed E-state index contributed by atoms with van der Waals surface area (Å²) in [5.41, 5.74) is 4.64. The number of carbonyl (C=O) groups excluding carboxylic acids is 3. The number of methoxy groups -OCH3 is 1. The maximum Gasteiger partial charge on any atom is 0.329 e. The molecule has 6 aliphatic heterocycles. The summed E-state index contributed by atoms with van der Waals surface area (Å²) in [6.45, 7) is 4.75. The molecule has 0 radical (unpaired) electrons. The van der Waals surface area contributed by atoms with Crippen molar-refractivity contribution in [2.45, 2.75) is 68.7 Å². The molecule has 9 rings (SSSR count). The number of ether oxygens (including phenoxy) is 5. The number of rotatable bonds is 4. The van der Waals surface area contributed by atoms with E-state index in [-0.39, 0.29) is 30.9 Å². The Bertz CT molecular complexity index is 2050. The summed E-state index contributed by atoms with van der Waals surface area (Å²) >= 11 is 1.39. The van der Waals surface area contributed by atoms with E-state index in [4.69, 9.17) is 23.7 Å². The van der Waals surface area contributed by atoms with Crippen LogP contribution in [0.2, 0.25) is 0 Å². The Hall–Kier alpha value is -4.97. The number of phenols is 1. The maximum absolute atomic E-state index is 13.8. The fourth-order valence-corrected chi connectivity index (χ4v) is 10.4. The second kappa shape index (κ2) is 12.9. The summed E-state index contributed by atoms with van der Waals surface area (Å²) in [4.78, 5) is 44.2. The molecule has 14 heteroatoms. The number of benzene rings is 3. The number of nitrogens with zero attached hydrogens (tertiary/aromatic N) is 3. The van der Waals surface area contributed by atoms with E-state index in [1.54, 1.807) is 37.3 Å². The molecule has 13 nitrogen and oxygen atoms in total. The molecule has 3 aromatic carbocycles. The number of hydrogen-bond acceptors (Lipinski definition) is 13. The van der Waals surface area contributed by atoms with Gasteiger partial charge in [-0.1, -0.05) is 24.3 Å². The Morgan fingerprint density at radius 3 is 2.54 bits per heavy atom. The molecule has 4 bridgehead atoms. The van der Waals surface area contributed by atoms with Crippen molar-refractivity contribution in [1.82, 2.24) is 15.1 Å². The molecular weight excluding hydrogens is 689 g/mol. The monoisotopic (exact) mass is 726 g/mol. The lowest BCUT2D eigenvalue weighted by Gasteiger charge is -2.61. The average molecular weight is 727 g/mol. The van der Waals surface area contributed by atoms with Crippen molar-refractivity contribution in [1.29, 1.82) is 5.26 Å². The largest absolute Gasteiger partial charge is 0.504 e. The molecule has 7 atom stereocenters. The highest BCUT2D eigenvalue weighted by Crippen LogP contribution is 2.64. The molecular formula is C38H38N4O9S. The fourth-order valence-electron chi connectivity index (χ4n) is 8.90. The normalized spacial score (nSPS) is 27.3. The highest BCUT2D eigenvalue weighted by molar-refractivity contribution is 7.99. The van der Waals surface area contributed by atoms with E-state index in [2.05, 4.69) is 21.2 Å². The number of phenolic OH excluding ortho intramolecular Hbond substituents is 1. The number of carbonyl (C=O) groups is 3. The first-order chi connectivity index (χ1) is 25.0. The topological polar surface area (TPSA) is 160 Å². The number of nitrogens with one attached hydrogen (secondary N) is 1. The molecule has 1 amide bonds. The van der Waals surface area contributed by atoms with E-state index < -0.39 is 53.3 Å². The van der Waals surface area contributed by atoms with Crippen molar-refractivity contribution in [3.8, 4) is 34.8 Å². The number of amides is 1. The standard InChI is InChI=1S/C38H38N4O9S/c1-17-11-21-12-23-24(13-39)42-25-14-48-38(46)22(40-37(45)20-9-7-6-8-10-20)15-52-36(30(42)29(41(23)4)26(21)31(44)32(17)47-5)28-27(25)35-34(49-16-50-35)18(2)33(28)51-19(3)43/h6-11,22-25,29-30,36,44H,12,14-16H2,1-5H3,(H,40,45)/t22-,23-,24-,25-,29+,30?,36+/m0/s1. The first-order valence-corrected chi connectivity index (χ1v) is 18.2. The first-order valence-electron chi connectivity index (χ1n) is 17.1. The summed E-state index contributed by atoms with van der Waals surface area (Å²) in [5.74, 6) is 0.0872. The van der Waals surface area contributed by atoms with E-state index >= 15 is 0 Å². The molecule has 0 aromatic heterocycles. The second-order valence-corrected chi connectivity index (χ2v) is 14.9. The molecule has 6 aliphatic rings. The molecule has 52 heavy (non-hydrogen) atoms. The molecule has 3 aromatic rings. The van der Waals surface area contributed by atoms with Crippen molar-refractivity contribution in [2.24, 2.45) is 0 Å². The number of esters is 2. The molecule has 2 fully saturated rings. The molecule has 6 heterocycles. The van der Waals surface area contributed by atoms with Gasteiger partial charge in [-0.05, 0) is 50.6 Å². The second-order valence-electron chi connectivity index (χ2n) is 13.8. The summed E-state index contributed by atoms with van der Waals surface area (Å²) in [6, 6.07) is 9.46. The van der Waals surface area contributed by atoms with E-state index in [0.717, 1.165) is 11.1 Å². The van der Waals surface area contributed by atoms with Gasteiger partial charge in [0.05, 0.1) is 30.5 Å². The van der Waals surface area contributed by atoms with E-state index in [0.29, 0.717) is 57.2 Å². The molecule has 2 saturated heterocycles. The smallest absolute Gasteiger partial charge is 0.329 e. The van der Waals surface area contributed by atoms with Gasteiger partial charge in [0, 0.05) is 52.6 Å². The number of hydrogen-bond donors (Lipinski definition) is 2. The lowest BCUT2D eigenvalue weighted by Crippen LogP contribution is -2.69. The number of aryl methyl sites for hydroxylation is 1. The van der Waals surface area contributed by atoms with Gasteiger partial charge in [-0.2, -0.15) is 5.26 Å². The highest BCUT2D eigenvalue weighted by atomic mass is 32.2. The van der Waals surface area contributed by atoms with Gasteiger partial charge in [0.25, 0.3) is 5.91 Å². The summed E-state index contributed by atoms with van der Waals surface area (Å²) in [7, 11) is 3.49. The third kappa shape index (κ3) is 5.08. The number of likely N-dealkylation sites (N-methyl/N-ethyl adjacent to an activating group) is 1. The van der Waals surface area contributed by atoms with Gasteiger partial charge in [-0.25, -0.2) is 4.79 Å². The van der Waals surface area contributed by atoms with Crippen LogP contribution < -0.4 is 24.3 Å². The van der Waals surface area contributed by atoms with Gasteiger partial charge in [-0.3, -0.25) is 19.4 Å². The Kier molecular flexibility index (Phi) is 8.47. The van der Waals surface area contributed by atoms with Crippen LogP contribution in [0.3, 0.4) is 0 Å². The van der Waals surface area contributed by atoms with Gasteiger partial charge < -0.3 is 34.1 Å². The first kappa shape index (κ1) is 34.1.